The van der Waals surface area contributed by atoms with E-state index < -0.39 is 0 Å². The van der Waals surface area contributed by atoms with E-state index in [1.165, 1.54) is 11.1 Å². The van der Waals surface area contributed by atoms with E-state index in [4.69, 9.17) is 5.73 Å². The molecule has 0 saturated carbocycles. The van der Waals surface area contributed by atoms with Crippen LogP contribution in [0, 0.1) is 13.8 Å². The average molecular weight is 177 g/mol. The molecule has 0 amide bonds. The predicted octanol–water partition coefficient (Wildman–Crippen LogP) is 3.26. The lowest BCUT2D eigenvalue weighted by atomic mass is 10.0. The van der Waals surface area contributed by atoms with E-state index in [0.717, 1.165) is 5.56 Å². The molecule has 0 aromatic heterocycles. The Morgan fingerprint density at radius 2 is 1.77 bits per heavy atom. The molecule has 1 aromatic rings. The van der Waals surface area contributed by atoms with Gasteiger partial charge in [-0.25, -0.2) is 0 Å². The number of hydrogen-bond acceptors (Lipinski definition) is 1. The molecule has 1 nitrogen and oxygen atoms in total. The summed E-state index contributed by atoms with van der Waals surface area (Å²) in [5.74, 6) is 0. The van der Waals surface area contributed by atoms with Crippen LogP contribution in [0.4, 0.5) is 0 Å². The molecule has 1 rings (SSSR count). The second-order valence-corrected chi connectivity index (χ2v) is 2.84. The fraction of sp³-hybridized carbons (Fsp3) is 0.333. The molecule has 0 unspecified atom stereocenters. The maximum absolute atomic E-state index is 5.57. The Labute approximate surface area is 81.3 Å². The van der Waals surface area contributed by atoms with E-state index in [1.54, 1.807) is 0 Å². The van der Waals surface area contributed by atoms with Crippen LogP contribution >= 0.6 is 0 Å². The summed E-state index contributed by atoms with van der Waals surface area (Å²) in [6.45, 7) is 11.8. The molecule has 0 radical (unpaired) electrons. The van der Waals surface area contributed by atoms with E-state index >= 15 is 0 Å². The molecular formula is C12H19N. The number of hydrogen-bond donors (Lipinski definition) is 1. The minimum Gasteiger partial charge on any atom is -0.399 e. The summed E-state index contributed by atoms with van der Waals surface area (Å²) >= 11 is 0. The van der Waals surface area contributed by atoms with Crippen LogP contribution in [0.15, 0.2) is 24.8 Å². The van der Waals surface area contributed by atoms with Crippen LogP contribution in [0.25, 0.3) is 5.70 Å². The van der Waals surface area contributed by atoms with Crippen molar-refractivity contribution in [2.45, 2.75) is 27.7 Å². The zero-order chi connectivity index (χ0) is 10.4. The van der Waals surface area contributed by atoms with Crippen LogP contribution in [0.1, 0.15) is 30.5 Å². The van der Waals surface area contributed by atoms with Crippen LogP contribution in [-0.2, 0) is 0 Å². The van der Waals surface area contributed by atoms with Gasteiger partial charge in [-0.15, -0.1) is 0 Å². The van der Waals surface area contributed by atoms with Crippen molar-refractivity contribution in [3.63, 3.8) is 0 Å². The Balaban J connectivity index is 0.000000671. The molecule has 0 aliphatic carbocycles. The summed E-state index contributed by atoms with van der Waals surface area (Å²) < 4.78 is 0. The Bertz CT molecular complexity index is 287. The highest BCUT2D eigenvalue weighted by Gasteiger charge is 1.97. The topological polar surface area (TPSA) is 26.0 Å². The van der Waals surface area contributed by atoms with Crippen molar-refractivity contribution >= 4 is 5.70 Å². The van der Waals surface area contributed by atoms with Crippen LogP contribution < -0.4 is 5.73 Å². The highest BCUT2D eigenvalue weighted by atomic mass is 14.6. The van der Waals surface area contributed by atoms with Gasteiger partial charge in [0.2, 0.25) is 0 Å². The van der Waals surface area contributed by atoms with Gasteiger partial charge in [0, 0.05) is 5.70 Å². The van der Waals surface area contributed by atoms with Gasteiger partial charge in [-0.2, -0.15) is 0 Å². The van der Waals surface area contributed by atoms with Crippen molar-refractivity contribution in [1.82, 2.24) is 0 Å². The number of nitrogens with two attached hydrogens (primary N) is 1. The number of rotatable bonds is 1. The summed E-state index contributed by atoms with van der Waals surface area (Å²) in [6, 6.07) is 6.15. The van der Waals surface area contributed by atoms with Gasteiger partial charge in [0.25, 0.3) is 0 Å². The smallest absolute Gasteiger partial charge is 0.0317 e. The molecule has 0 bridgehead atoms. The van der Waals surface area contributed by atoms with Crippen molar-refractivity contribution < 1.29 is 0 Å². The fourth-order valence-electron chi connectivity index (χ4n) is 1.17. The number of benzene rings is 1. The molecule has 0 atom stereocenters. The van der Waals surface area contributed by atoms with Crippen LogP contribution in [0.3, 0.4) is 0 Å². The second-order valence-electron chi connectivity index (χ2n) is 2.84. The molecule has 0 saturated heterocycles. The maximum atomic E-state index is 5.57. The molecule has 0 aliphatic rings. The minimum absolute atomic E-state index is 0.641. The quantitative estimate of drug-likeness (QED) is 0.700. The Hall–Kier alpha value is -1.24. The van der Waals surface area contributed by atoms with Crippen LogP contribution in [-0.4, -0.2) is 0 Å². The maximum Gasteiger partial charge on any atom is 0.0317 e. The van der Waals surface area contributed by atoms with Gasteiger partial charge in [0.1, 0.15) is 0 Å². The lowest BCUT2D eigenvalue weighted by Gasteiger charge is -2.04. The van der Waals surface area contributed by atoms with E-state index in [9.17, 15) is 0 Å². The van der Waals surface area contributed by atoms with Crippen LogP contribution in [0.5, 0.6) is 0 Å². The van der Waals surface area contributed by atoms with Crippen molar-refractivity contribution in [1.29, 1.82) is 0 Å². The lowest BCUT2D eigenvalue weighted by Crippen LogP contribution is -1.96. The Morgan fingerprint density at radius 3 is 2.15 bits per heavy atom. The summed E-state index contributed by atoms with van der Waals surface area (Å²) in [7, 11) is 0. The van der Waals surface area contributed by atoms with Crippen molar-refractivity contribution in [2.75, 3.05) is 0 Å². The van der Waals surface area contributed by atoms with Crippen LogP contribution in [0.2, 0.25) is 0 Å². The predicted molar refractivity (Wildman–Crippen MR) is 60.5 cm³/mol. The number of aryl methyl sites for hydroxylation is 2. The summed E-state index contributed by atoms with van der Waals surface area (Å²) in [4.78, 5) is 0. The van der Waals surface area contributed by atoms with Gasteiger partial charge >= 0.3 is 0 Å². The Kier molecular flexibility index (Phi) is 4.90. The molecule has 0 heterocycles. The van der Waals surface area contributed by atoms with Crippen molar-refractivity contribution in [2.24, 2.45) is 5.73 Å². The van der Waals surface area contributed by atoms with Gasteiger partial charge in [0.15, 0.2) is 0 Å². The zero-order valence-corrected chi connectivity index (χ0v) is 9.02. The SMILES string of the molecule is C=C(N)c1ccc(C)cc1C.CC. The van der Waals surface area contributed by atoms with Crippen molar-refractivity contribution in [3.05, 3.63) is 41.5 Å². The Morgan fingerprint density at radius 1 is 1.23 bits per heavy atom. The zero-order valence-electron chi connectivity index (χ0n) is 9.02. The fourth-order valence-corrected chi connectivity index (χ4v) is 1.17. The van der Waals surface area contributed by atoms with Crippen molar-refractivity contribution in [3.8, 4) is 0 Å². The standard InChI is InChI=1S/C10H13N.C2H6/c1-7-4-5-10(9(3)11)8(2)6-7;1-2/h4-6H,3,11H2,1-2H3;1-2H3. The summed E-state index contributed by atoms with van der Waals surface area (Å²) in [5, 5.41) is 0. The third kappa shape index (κ3) is 3.32. The van der Waals surface area contributed by atoms with E-state index in [0.29, 0.717) is 5.70 Å². The van der Waals surface area contributed by atoms with E-state index in [1.807, 2.05) is 32.9 Å². The van der Waals surface area contributed by atoms with E-state index in [-0.39, 0.29) is 0 Å². The van der Waals surface area contributed by atoms with Gasteiger partial charge in [-0.1, -0.05) is 44.2 Å². The first-order valence-corrected chi connectivity index (χ1v) is 4.63. The first-order chi connectivity index (χ1) is 6.11. The third-order valence-corrected chi connectivity index (χ3v) is 1.73. The summed E-state index contributed by atoms with van der Waals surface area (Å²) in [6.07, 6.45) is 0. The lowest BCUT2D eigenvalue weighted by molar-refractivity contribution is 1.34. The first kappa shape index (κ1) is 11.8. The average Bonchev–Trinajstić information content (AvgIpc) is 2.07. The monoisotopic (exact) mass is 177 g/mol. The first-order valence-electron chi connectivity index (χ1n) is 4.63. The second kappa shape index (κ2) is 5.41. The molecule has 0 aliphatic heterocycles. The van der Waals surface area contributed by atoms with Gasteiger partial charge in [-0.3, -0.25) is 0 Å². The molecule has 13 heavy (non-hydrogen) atoms. The highest BCUT2D eigenvalue weighted by molar-refractivity contribution is 5.63. The molecule has 0 spiro atoms. The van der Waals surface area contributed by atoms with Gasteiger partial charge in [0.05, 0.1) is 0 Å². The molecular weight excluding hydrogens is 158 g/mol. The normalized spacial score (nSPS) is 8.62. The van der Waals surface area contributed by atoms with E-state index in [2.05, 4.69) is 19.6 Å². The molecule has 1 heteroatoms. The molecule has 2 N–H and O–H groups in total. The highest BCUT2D eigenvalue weighted by Crippen LogP contribution is 2.14. The minimum atomic E-state index is 0.641. The molecule has 72 valence electrons. The molecule has 0 fully saturated rings. The molecule has 1 aromatic carbocycles. The largest absolute Gasteiger partial charge is 0.399 e. The third-order valence-electron chi connectivity index (χ3n) is 1.73. The van der Waals surface area contributed by atoms with Gasteiger partial charge < -0.3 is 5.73 Å². The summed E-state index contributed by atoms with van der Waals surface area (Å²) in [5.41, 5.74) is 9.71. The van der Waals surface area contributed by atoms with Gasteiger partial charge in [-0.05, 0) is 25.0 Å².